The highest BCUT2D eigenvalue weighted by atomic mass is 16.5. The van der Waals surface area contributed by atoms with Gasteiger partial charge in [0.05, 0.1) is 0 Å². The van der Waals surface area contributed by atoms with Gasteiger partial charge in [0.1, 0.15) is 0 Å². The van der Waals surface area contributed by atoms with Crippen LogP contribution in [0.3, 0.4) is 0 Å². The Morgan fingerprint density at radius 3 is 2.36 bits per heavy atom. The van der Waals surface area contributed by atoms with Crippen LogP contribution in [-0.4, -0.2) is 23.3 Å². The number of aliphatic carboxylic acids is 1. The molecule has 3 heteroatoms. The van der Waals surface area contributed by atoms with E-state index in [4.69, 9.17) is 4.74 Å². The van der Waals surface area contributed by atoms with E-state index in [2.05, 4.69) is 0 Å². The SMILES string of the molecule is CCOC1(C(=O)O)CCCCC1(C)C. The summed E-state index contributed by atoms with van der Waals surface area (Å²) < 4.78 is 5.55. The Hall–Kier alpha value is -0.570. The summed E-state index contributed by atoms with van der Waals surface area (Å²) in [5, 5.41) is 9.33. The van der Waals surface area contributed by atoms with Crippen molar-refractivity contribution in [3.63, 3.8) is 0 Å². The van der Waals surface area contributed by atoms with Gasteiger partial charge in [-0.2, -0.15) is 0 Å². The van der Waals surface area contributed by atoms with E-state index >= 15 is 0 Å². The summed E-state index contributed by atoms with van der Waals surface area (Å²) >= 11 is 0. The lowest BCUT2D eigenvalue weighted by molar-refractivity contribution is -0.192. The van der Waals surface area contributed by atoms with Crippen molar-refractivity contribution in [1.82, 2.24) is 0 Å². The molecule has 0 saturated heterocycles. The fraction of sp³-hybridized carbons (Fsp3) is 0.909. The summed E-state index contributed by atoms with van der Waals surface area (Å²) in [6.45, 7) is 6.32. The largest absolute Gasteiger partial charge is 0.479 e. The number of carboxylic acid groups (broad SMARTS) is 1. The monoisotopic (exact) mass is 200 g/mol. The van der Waals surface area contributed by atoms with Gasteiger partial charge in [0.15, 0.2) is 5.60 Å². The molecule has 0 aromatic heterocycles. The number of rotatable bonds is 3. The Bertz CT molecular complexity index is 219. The highest BCUT2D eigenvalue weighted by Gasteiger charge is 2.53. The van der Waals surface area contributed by atoms with E-state index in [1.54, 1.807) is 0 Å². The van der Waals surface area contributed by atoms with Gasteiger partial charge in [-0.05, 0) is 26.2 Å². The molecular weight excluding hydrogens is 180 g/mol. The molecule has 1 rings (SSSR count). The number of carboxylic acids is 1. The summed E-state index contributed by atoms with van der Waals surface area (Å²) in [5.74, 6) is -0.802. The lowest BCUT2D eigenvalue weighted by Gasteiger charge is -2.46. The lowest BCUT2D eigenvalue weighted by atomic mass is 9.65. The van der Waals surface area contributed by atoms with Gasteiger partial charge in [-0.3, -0.25) is 0 Å². The number of hydrogen-bond donors (Lipinski definition) is 1. The van der Waals surface area contributed by atoms with Crippen LogP contribution in [0.25, 0.3) is 0 Å². The van der Waals surface area contributed by atoms with Crippen LogP contribution in [0.4, 0.5) is 0 Å². The molecule has 0 heterocycles. The van der Waals surface area contributed by atoms with Crippen molar-refractivity contribution in [3.8, 4) is 0 Å². The topological polar surface area (TPSA) is 46.5 Å². The van der Waals surface area contributed by atoms with Crippen molar-refractivity contribution in [2.75, 3.05) is 6.61 Å². The molecule has 0 bridgehead atoms. The zero-order valence-corrected chi connectivity index (χ0v) is 9.30. The Kier molecular flexibility index (Phi) is 3.20. The van der Waals surface area contributed by atoms with E-state index in [-0.39, 0.29) is 5.41 Å². The molecule has 0 aliphatic heterocycles. The maximum Gasteiger partial charge on any atom is 0.336 e. The molecule has 1 saturated carbocycles. The van der Waals surface area contributed by atoms with Crippen molar-refractivity contribution in [2.45, 2.75) is 52.1 Å². The lowest BCUT2D eigenvalue weighted by Crippen LogP contribution is -2.55. The molecule has 1 atom stereocenters. The van der Waals surface area contributed by atoms with Gasteiger partial charge < -0.3 is 9.84 Å². The third kappa shape index (κ3) is 1.65. The zero-order valence-electron chi connectivity index (χ0n) is 9.30. The van der Waals surface area contributed by atoms with Gasteiger partial charge in [0.25, 0.3) is 0 Å². The Balaban J connectivity index is 2.98. The first-order valence-corrected chi connectivity index (χ1v) is 5.33. The molecular formula is C11H20O3. The van der Waals surface area contributed by atoms with Gasteiger partial charge in [0.2, 0.25) is 0 Å². The fourth-order valence-electron chi connectivity index (χ4n) is 2.45. The van der Waals surface area contributed by atoms with Crippen molar-refractivity contribution in [2.24, 2.45) is 5.41 Å². The molecule has 14 heavy (non-hydrogen) atoms. The van der Waals surface area contributed by atoms with Crippen molar-refractivity contribution in [1.29, 1.82) is 0 Å². The third-order valence-electron chi connectivity index (χ3n) is 3.41. The molecule has 1 fully saturated rings. The number of ether oxygens (including phenoxy) is 1. The van der Waals surface area contributed by atoms with Crippen molar-refractivity contribution in [3.05, 3.63) is 0 Å². The van der Waals surface area contributed by atoms with Crippen molar-refractivity contribution >= 4 is 5.97 Å². The normalized spacial score (nSPS) is 31.4. The van der Waals surface area contributed by atoms with E-state index in [9.17, 15) is 9.90 Å². The van der Waals surface area contributed by atoms with E-state index < -0.39 is 11.6 Å². The van der Waals surface area contributed by atoms with Gasteiger partial charge in [-0.1, -0.05) is 20.3 Å². The highest BCUT2D eigenvalue weighted by molar-refractivity contribution is 5.78. The third-order valence-corrected chi connectivity index (χ3v) is 3.41. The molecule has 1 unspecified atom stereocenters. The molecule has 0 amide bonds. The van der Waals surface area contributed by atoms with Crippen LogP contribution in [0.15, 0.2) is 0 Å². The molecule has 0 aromatic carbocycles. The highest BCUT2D eigenvalue weighted by Crippen LogP contribution is 2.46. The van der Waals surface area contributed by atoms with E-state index in [1.807, 2.05) is 20.8 Å². The smallest absolute Gasteiger partial charge is 0.336 e. The first kappa shape index (κ1) is 11.5. The van der Waals surface area contributed by atoms with E-state index in [0.29, 0.717) is 13.0 Å². The molecule has 82 valence electrons. The first-order chi connectivity index (χ1) is 6.46. The maximum atomic E-state index is 11.4. The maximum absolute atomic E-state index is 11.4. The standard InChI is InChI=1S/C11H20O3/c1-4-14-11(9(12)13)8-6-5-7-10(11,2)3/h4-8H2,1-3H3,(H,12,13). The minimum Gasteiger partial charge on any atom is -0.479 e. The zero-order chi connectivity index (χ0) is 10.8. The average Bonchev–Trinajstić information content (AvgIpc) is 2.08. The van der Waals surface area contributed by atoms with Crippen LogP contribution in [0.1, 0.15) is 46.5 Å². The molecule has 3 nitrogen and oxygen atoms in total. The van der Waals surface area contributed by atoms with Crippen LogP contribution in [0.2, 0.25) is 0 Å². The molecule has 0 radical (unpaired) electrons. The molecule has 1 aliphatic rings. The molecule has 0 aromatic rings. The summed E-state index contributed by atoms with van der Waals surface area (Å²) in [7, 11) is 0. The second-order valence-electron chi connectivity index (χ2n) is 4.66. The summed E-state index contributed by atoms with van der Waals surface area (Å²) in [6.07, 6.45) is 3.63. The Morgan fingerprint density at radius 1 is 1.36 bits per heavy atom. The first-order valence-electron chi connectivity index (χ1n) is 5.33. The average molecular weight is 200 g/mol. The number of hydrogen-bond acceptors (Lipinski definition) is 2. The predicted octanol–water partition coefficient (Wildman–Crippen LogP) is 2.45. The van der Waals surface area contributed by atoms with Crippen LogP contribution in [-0.2, 0) is 9.53 Å². The summed E-state index contributed by atoms with van der Waals surface area (Å²) in [5.41, 5.74) is -1.22. The van der Waals surface area contributed by atoms with Gasteiger partial charge >= 0.3 is 5.97 Å². The Labute approximate surface area is 85.5 Å². The van der Waals surface area contributed by atoms with Gasteiger partial charge in [-0.25, -0.2) is 4.79 Å². The van der Waals surface area contributed by atoms with Crippen LogP contribution < -0.4 is 0 Å². The minimum absolute atomic E-state index is 0.257. The van der Waals surface area contributed by atoms with Crippen molar-refractivity contribution < 1.29 is 14.6 Å². The molecule has 1 N–H and O–H groups in total. The molecule has 1 aliphatic carbocycles. The molecule has 0 spiro atoms. The fourth-order valence-corrected chi connectivity index (χ4v) is 2.45. The van der Waals surface area contributed by atoms with E-state index in [1.165, 1.54) is 0 Å². The van der Waals surface area contributed by atoms with Crippen LogP contribution in [0.5, 0.6) is 0 Å². The summed E-state index contributed by atoms with van der Waals surface area (Å²) in [4.78, 5) is 11.4. The second-order valence-corrected chi connectivity index (χ2v) is 4.66. The van der Waals surface area contributed by atoms with Gasteiger partial charge in [0, 0.05) is 12.0 Å². The predicted molar refractivity (Wildman–Crippen MR) is 54.2 cm³/mol. The van der Waals surface area contributed by atoms with Crippen LogP contribution >= 0.6 is 0 Å². The van der Waals surface area contributed by atoms with Gasteiger partial charge in [-0.15, -0.1) is 0 Å². The quantitative estimate of drug-likeness (QED) is 0.761. The number of carbonyl (C=O) groups is 1. The Morgan fingerprint density at radius 2 is 1.93 bits per heavy atom. The van der Waals surface area contributed by atoms with E-state index in [0.717, 1.165) is 19.3 Å². The second kappa shape index (κ2) is 3.89. The summed E-state index contributed by atoms with van der Waals surface area (Å²) in [6, 6.07) is 0. The van der Waals surface area contributed by atoms with Crippen LogP contribution in [0, 0.1) is 5.41 Å². The minimum atomic E-state index is -0.958.